The molecule has 3 nitrogen and oxygen atoms in total. The molecule has 0 radical (unpaired) electrons. The molecule has 1 heterocycles. The number of benzene rings is 3. The number of fused-ring (bicyclic) bond motifs is 3. The maximum Gasteiger partial charge on any atom is 0.193 e. The summed E-state index contributed by atoms with van der Waals surface area (Å²) in [6, 6.07) is 19.2. The quantitative estimate of drug-likeness (QED) is 0.334. The van der Waals surface area contributed by atoms with Crippen molar-refractivity contribution >= 4 is 33.4 Å². The van der Waals surface area contributed by atoms with Crippen molar-refractivity contribution in [2.24, 2.45) is 0 Å². The van der Waals surface area contributed by atoms with Crippen LogP contribution in [0, 0.1) is 6.92 Å². The Kier molecular flexibility index (Phi) is 4.44. The molecule has 0 unspecified atom stereocenters. The van der Waals surface area contributed by atoms with Crippen molar-refractivity contribution in [2.45, 2.75) is 20.4 Å². The lowest BCUT2D eigenvalue weighted by molar-refractivity contribution is 0.103. The zero-order valence-electron chi connectivity index (χ0n) is 16.0. The number of aromatic nitrogens is 1. The molecule has 0 saturated carbocycles. The Labute approximate surface area is 163 Å². The number of aryl methyl sites for hydroxylation is 2. The molecular weight excluding hydrogens is 346 g/mol. The monoisotopic (exact) mass is 367 g/mol. The Morgan fingerprint density at radius 1 is 0.929 bits per heavy atom. The van der Waals surface area contributed by atoms with E-state index in [0.717, 1.165) is 33.9 Å². The largest absolute Gasteiger partial charge is 0.341 e. The van der Waals surface area contributed by atoms with E-state index in [1.54, 1.807) is 0 Å². The average molecular weight is 367 g/mol. The van der Waals surface area contributed by atoms with Crippen LogP contribution in [0.5, 0.6) is 0 Å². The highest BCUT2D eigenvalue weighted by Gasteiger charge is 2.16. The van der Waals surface area contributed by atoms with Gasteiger partial charge in [-0.25, -0.2) is 0 Å². The molecule has 3 aromatic carbocycles. The number of rotatable bonds is 5. The Morgan fingerprint density at radius 2 is 1.54 bits per heavy atom. The van der Waals surface area contributed by atoms with E-state index in [9.17, 15) is 9.59 Å². The average Bonchev–Trinajstić information content (AvgIpc) is 3.05. The van der Waals surface area contributed by atoms with Crippen LogP contribution in [-0.4, -0.2) is 16.1 Å². The Hall–Kier alpha value is -3.46. The molecule has 4 rings (SSSR count). The first-order valence-electron chi connectivity index (χ1n) is 9.38. The molecule has 0 spiro atoms. The first kappa shape index (κ1) is 17.9. The van der Waals surface area contributed by atoms with Crippen LogP contribution in [0.15, 0.2) is 73.3 Å². The standard InChI is InChI=1S/C25H21NO2/c1-4-24(27)17-10-12-22-20(14-17)21-15-18(11-13-23(21)26(22)5-2)25(28)19-9-7-6-8-16(19)3/h4,6-15H,1,5H2,2-3H3. The van der Waals surface area contributed by atoms with E-state index in [1.807, 2.05) is 67.6 Å². The van der Waals surface area contributed by atoms with Crippen molar-refractivity contribution in [3.05, 3.63) is 95.6 Å². The van der Waals surface area contributed by atoms with Crippen molar-refractivity contribution < 1.29 is 9.59 Å². The lowest BCUT2D eigenvalue weighted by Gasteiger charge is -2.06. The minimum Gasteiger partial charge on any atom is -0.341 e. The molecule has 0 saturated heterocycles. The predicted octanol–water partition coefficient (Wildman–Crippen LogP) is 5.72. The summed E-state index contributed by atoms with van der Waals surface area (Å²) in [4.78, 5) is 25.2. The summed E-state index contributed by atoms with van der Waals surface area (Å²) in [5, 5.41) is 1.96. The van der Waals surface area contributed by atoms with Crippen molar-refractivity contribution in [1.29, 1.82) is 0 Å². The van der Waals surface area contributed by atoms with Gasteiger partial charge in [-0.1, -0.05) is 30.8 Å². The lowest BCUT2D eigenvalue weighted by Crippen LogP contribution is -2.03. The smallest absolute Gasteiger partial charge is 0.193 e. The molecule has 0 atom stereocenters. The second-order valence-electron chi connectivity index (χ2n) is 6.92. The lowest BCUT2D eigenvalue weighted by atomic mass is 9.97. The summed E-state index contributed by atoms with van der Waals surface area (Å²) in [5.74, 6) is -0.0952. The molecule has 1 aromatic heterocycles. The second-order valence-corrected chi connectivity index (χ2v) is 6.92. The van der Waals surface area contributed by atoms with Crippen LogP contribution in [0.2, 0.25) is 0 Å². The first-order valence-corrected chi connectivity index (χ1v) is 9.38. The first-order chi connectivity index (χ1) is 13.5. The Morgan fingerprint density at radius 3 is 2.14 bits per heavy atom. The van der Waals surface area contributed by atoms with E-state index in [4.69, 9.17) is 0 Å². The normalized spacial score (nSPS) is 11.1. The van der Waals surface area contributed by atoms with Gasteiger partial charge in [0.05, 0.1) is 0 Å². The molecule has 0 aliphatic heterocycles. The van der Waals surface area contributed by atoms with Gasteiger partial charge in [-0.05, 0) is 61.9 Å². The molecule has 0 aliphatic carbocycles. The maximum absolute atomic E-state index is 13.1. The fraction of sp³-hybridized carbons (Fsp3) is 0.120. The fourth-order valence-corrected chi connectivity index (χ4v) is 3.84. The molecular formula is C25H21NO2. The summed E-state index contributed by atoms with van der Waals surface area (Å²) >= 11 is 0. The van der Waals surface area contributed by atoms with E-state index >= 15 is 0 Å². The van der Waals surface area contributed by atoms with Gasteiger partial charge in [0.15, 0.2) is 11.6 Å². The van der Waals surface area contributed by atoms with Gasteiger partial charge in [-0.3, -0.25) is 9.59 Å². The fourth-order valence-electron chi connectivity index (χ4n) is 3.84. The second kappa shape index (κ2) is 6.93. The predicted molar refractivity (Wildman–Crippen MR) is 114 cm³/mol. The summed E-state index contributed by atoms with van der Waals surface area (Å²) in [6.45, 7) is 8.42. The van der Waals surface area contributed by atoms with Gasteiger partial charge in [-0.15, -0.1) is 0 Å². The Balaban J connectivity index is 1.96. The van der Waals surface area contributed by atoms with Crippen LogP contribution in [0.3, 0.4) is 0 Å². The van der Waals surface area contributed by atoms with E-state index in [1.165, 1.54) is 6.08 Å². The van der Waals surface area contributed by atoms with Crippen LogP contribution in [0.4, 0.5) is 0 Å². The highest BCUT2D eigenvalue weighted by Crippen LogP contribution is 2.31. The van der Waals surface area contributed by atoms with Gasteiger partial charge < -0.3 is 4.57 Å². The van der Waals surface area contributed by atoms with E-state index in [0.29, 0.717) is 16.7 Å². The van der Waals surface area contributed by atoms with Crippen molar-refractivity contribution in [1.82, 2.24) is 4.57 Å². The van der Waals surface area contributed by atoms with Crippen LogP contribution in [0.1, 0.15) is 38.8 Å². The van der Waals surface area contributed by atoms with Gasteiger partial charge >= 0.3 is 0 Å². The number of nitrogens with zero attached hydrogens (tertiary/aromatic N) is 1. The topological polar surface area (TPSA) is 39.1 Å². The number of carbonyl (C=O) groups excluding carboxylic acids is 2. The SMILES string of the molecule is C=CC(=O)c1ccc2c(c1)c1cc(C(=O)c3ccccc3C)ccc1n2CC. The highest BCUT2D eigenvalue weighted by atomic mass is 16.1. The van der Waals surface area contributed by atoms with Gasteiger partial charge in [0.2, 0.25) is 0 Å². The number of hydrogen-bond acceptors (Lipinski definition) is 2. The van der Waals surface area contributed by atoms with Crippen LogP contribution >= 0.6 is 0 Å². The molecule has 0 bridgehead atoms. The molecule has 138 valence electrons. The number of hydrogen-bond donors (Lipinski definition) is 0. The van der Waals surface area contributed by atoms with Crippen LogP contribution < -0.4 is 0 Å². The highest BCUT2D eigenvalue weighted by molar-refractivity contribution is 6.16. The van der Waals surface area contributed by atoms with Gasteiger partial charge in [0, 0.05) is 45.0 Å². The summed E-state index contributed by atoms with van der Waals surface area (Å²) in [5.41, 5.74) is 5.04. The summed E-state index contributed by atoms with van der Waals surface area (Å²) in [7, 11) is 0. The number of carbonyl (C=O) groups is 2. The minimum absolute atomic E-state index is 0.00993. The molecule has 0 aliphatic rings. The third-order valence-electron chi connectivity index (χ3n) is 5.30. The number of ketones is 2. The molecule has 0 N–H and O–H groups in total. The zero-order chi connectivity index (χ0) is 19.8. The third-order valence-corrected chi connectivity index (χ3v) is 5.30. The van der Waals surface area contributed by atoms with Crippen molar-refractivity contribution in [3.8, 4) is 0 Å². The van der Waals surface area contributed by atoms with E-state index in [2.05, 4.69) is 18.1 Å². The Bertz CT molecular complexity index is 1260. The molecule has 3 heteroatoms. The summed E-state index contributed by atoms with van der Waals surface area (Å²) in [6.07, 6.45) is 1.33. The van der Waals surface area contributed by atoms with Crippen LogP contribution in [-0.2, 0) is 6.54 Å². The van der Waals surface area contributed by atoms with E-state index in [-0.39, 0.29) is 11.6 Å². The summed E-state index contributed by atoms with van der Waals surface area (Å²) < 4.78 is 2.20. The zero-order valence-corrected chi connectivity index (χ0v) is 16.0. The van der Waals surface area contributed by atoms with Crippen molar-refractivity contribution in [2.75, 3.05) is 0 Å². The van der Waals surface area contributed by atoms with Crippen LogP contribution in [0.25, 0.3) is 21.8 Å². The van der Waals surface area contributed by atoms with Gasteiger partial charge in [0.25, 0.3) is 0 Å². The minimum atomic E-state index is -0.105. The molecule has 0 fully saturated rings. The molecule has 28 heavy (non-hydrogen) atoms. The molecule has 0 amide bonds. The third kappa shape index (κ3) is 2.76. The van der Waals surface area contributed by atoms with Gasteiger partial charge in [0.1, 0.15) is 0 Å². The van der Waals surface area contributed by atoms with E-state index < -0.39 is 0 Å². The number of allylic oxidation sites excluding steroid dienone is 1. The molecule has 4 aromatic rings. The van der Waals surface area contributed by atoms with Crippen molar-refractivity contribution in [3.63, 3.8) is 0 Å². The maximum atomic E-state index is 13.1. The van der Waals surface area contributed by atoms with Gasteiger partial charge in [-0.2, -0.15) is 0 Å².